The molecule has 0 radical (unpaired) electrons. The van der Waals surface area contributed by atoms with Gasteiger partial charge in [-0.15, -0.1) is 0 Å². The molecule has 2 heteroatoms. The molecular formula is C16H24BrN. The van der Waals surface area contributed by atoms with Crippen LogP contribution in [-0.2, 0) is 6.42 Å². The van der Waals surface area contributed by atoms with Crippen molar-refractivity contribution in [2.45, 2.75) is 42.8 Å². The maximum Gasteiger partial charge on any atom is 0.0282 e. The fourth-order valence-corrected chi connectivity index (χ4v) is 3.32. The molecule has 1 saturated heterocycles. The summed E-state index contributed by atoms with van der Waals surface area (Å²) in [6.07, 6.45) is 7.80. The Labute approximate surface area is 120 Å². The molecule has 1 heterocycles. The molecule has 1 fully saturated rings. The second kappa shape index (κ2) is 6.72. The monoisotopic (exact) mass is 309 g/mol. The van der Waals surface area contributed by atoms with Crippen molar-refractivity contribution in [2.24, 2.45) is 0 Å². The van der Waals surface area contributed by atoms with Crippen molar-refractivity contribution in [3.63, 3.8) is 0 Å². The number of nitrogens with zero attached hydrogens (tertiary/aromatic N) is 1. The van der Waals surface area contributed by atoms with Gasteiger partial charge in [0.1, 0.15) is 0 Å². The van der Waals surface area contributed by atoms with Gasteiger partial charge in [0.25, 0.3) is 0 Å². The molecule has 0 N–H and O–H groups in total. The minimum Gasteiger partial charge on any atom is -0.306 e. The van der Waals surface area contributed by atoms with Crippen LogP contribution in [0.3, 0.4) is 0 Å². The van der Waals surface area contributed by atoms with E-state index in [1.54, 1.807) is 0 Å². The van der Waals surface area contributed by atoms with Gasteiger partial charge >= 0.3 is 0 Å². The fraction of sp³-hybridized carbons (Fsp3) is 0.625. The number of halogens is 1. The third-order valence-electron chi connectivity index (χ3n) is 4.07. The van der Waals surface area contributed by atoms with Crippen LogP contribution in [0.5, 0.6) is 0 Å². The van der Waals surface area contributed by atoms with Crippen LogP contribution in [0.25, 0.3) is 0 Å². The lowest BCUT2D eigenvalue weighted by molar-refractivity contribution is 0.234. The van der Waals surface area contributed by atoms with Gasteiger partial charge in [-0.2, -0.15) is 0 Å². The van der Waals surface area contributed by atoms with Crippen LogP contribution < -0.4 is 0 Å². The molecule has 0 aromatic heterocycles. The highest BCUT2D eigenvalue weighted by molar-refractivity contribution is 9.10. The zero-order chi connectivity index (χ0) is 12.8. The zero-order valence-electron chi connectivity index (χ0n) is 11.4. The normalized spacial score (nSPS) is 19.9. The van der Waals surface area contributed by atoms with E-state index in [0.29, 0.717) is 4.32 Å². The number of piperidine rings is 1. The van der Waals surface area contributed by atoms with Gasteiger partial charge in [0.15, 0.2) is 0 Å². The Kier molecular flexibility index (Phi) is 5.25. The van der Waals surface area contributed by atoms with E-state index in [1.165, 1.54) is 57.2 Å². The van der Waals surface area contributed by atoms with E-state index in [0.717, 1.165) is 0 Å². The number of benzene rings is 1. The summed E-state index contributed by atoms with van der Waals surface area (Å²) in [5, 5.41) is 0. The molecule has 0 atom stereocenters. The van der Waals surface area contributed by atoms with E-state index in [4.69, 9.17) is 0 Å². The Balaban J connectivity index is 1.66. The third-order valence-corrected chi connectivity index (χ3v) is 5.26. The number of alkyl halides is 1. The van der Waals surface area contributed by atoms with Crippen molar-refractivity contribution in [1.82, 2.24) is 4.90 Å². The molecule has 0 bridgehead atoms. The van der Waals surface area contributed by atoms with E-state index in [1.807, 2.05) is 0 Å². The number of hydrogen-bond acceptors (Lipinski definition) is 1. The van der Waals surface area contributed by atoms with Crippen molar-refractivity contribution in [1.29, 1.82) is 0 Å². The van der Waals surface area contributed by atoms with E-state index in [-0.39, 0.29) is 0 Å². The molecule has 1 aromatic carbocycles. The molecule has 1 nitrogen and oxygen atoms in total. The van der Waals surface area contributed by atoms with Gasteiger partial charge < -0.3 is 4.90 Å². The van der Waals surface area contributed by atoms with Crippen molar-refractivity contribution >= 4 is 15.9 Å². The summed E-state index contributed by atoms with van der Waals surface area (Å²) in [4.78, 5) is 2.43. The maximum atomic E-state index is 3.98. The first-order valence-electron chi connectivity index (χ1n) is 7.09. The largest absolute Gasteiger partial charge is 0.306 e. The van der Waals surface area contributed by atoms with Crippen LogP contribution >= 0.6 is 15.9 Å². The molecule has 0 unspecified atom stereocenters. The van der Waals surface area contributed by atoms with Crippen LogP contribution in [0.15, 0.2) is 30.3 Å². The van der Waals surface area contributed by atoms with E-state index in [2.05, 4.69) is 58.2 Å². The third kappa shape index (κ3) is 4.40. The van der Waals surface area contributed by atoms with Crippen molar-refractivity contribution in [3.05, 3.63) is 35.9 Å². The molecule has 0 aliphatic carbocycles. The Morgan fingerprint density at radius 2 is 1.78 bits per heavy atom. The summed E-state index contributed by atoms with van der Waals surface area (Å²) in [7, 11) is 2.22. The Morgan fingerprint density at radius 1 is 1.11 bits per heavy atom. The van der Waals surface area contributed by atoms with Crippen LogP contribution in [0, 0.1) is 0 Å². The summed E-state index contributed by atoms with van der Waals surface area (Å²) < 4.78 is 0.427. The summed E-state index contributed by atoms with van der Waals surface area (Å²) in [5.41, 5.74) is 1.48. The number of unbranched alkanes of at least 4 members (excludes halogenated alkanes) is 1. The highest BCUT2D eigenvalue weighted by atomic mass is 79.9. The first kappa shape index (κ1) is 14.1. The van der Waals surface area contributed by atoms with Crippen molar-refractivity contribution in [3.8, 4) is 0 Å². The minimum absolute atomic E-state index is 0.427. The molecule has 0 amide bonds. The molecule has 0 saturated carbocycles. The van der Waals surface area contributed by atoms with Crippen molar-refractivity contribution in [2.75, 3.05) is 20.1 Å². The maximum absolute atomic E-state index is 3.98. The summed E-state index contributed by atoms with van der Waals surface area (Å²) in [6.45, 7) is 2.48. The predicted molar refractivity (Wildman–Crippen MR) is 82.4 cm³/mol. The Bertz CT molecular complexity index is 341. The highest BCUT2D eigenvalue weighted by Gasteiger charge is 2.29. The lowest BCUT2D eigenvalue weighted by Crippen LogP contribution is -2.38. The molecule has 0 spiro atoms. The van der Waals surface area contributed by atoms with Gasteiger partial charge in [-0.3, -0.25) is 0 Å². The molecule has 1 aromatic rings. The standard InChI is InChI=1S/C16H24BrN/c1-18-13-11-16(17,12-14-18)10-6-5-9-15-7-3-2-4-8-15/h2-4,7-8H,5-6,9-14H2,1H3. The Morgan fingerprint density at radius 3 is 2.44 bits per heavy atom. The average Bonchev–Trinajstić information content (AvgIpc) is 2.40. The summed E-state index contributed by atoms with van der Waals surface area (Å²) >= 11 is 3.98. The lowest BCUT2D eigenvalue weighted by atomic mass is 9.91. The molecule has 1 aliphatic heterocycles. The highest BCUT2D eigenvalue weighted by Crippen LogP contribution is 2.35. The number of aryl methyl sites for hydroxylation is 1. The topological polar surface area (TPSA) is 3.24 Å². The molecule has 2 rings (SSSR count). The SMILES string of the molecule is CN1CCC(Br)(CCCCc2ccccc2)CC1. The average molecular weight is 310 g/mol. The van der Waals surface area contributed by atoms with Crippen molar-refractivity contribution < 1.29 is 0 Å². The van der Waals surface area contributed by atoms with Crippen LogP contribution in [0.1, 0.15) is 37.7 Å². The fourth-order valence-electron chi connectivity index (χ4n) is 2.68. The van der Waals surface area contributed by atoms with Crippen LogP contribution in [-0.4, -0.2) is 29.4 Å². The Hall–Kier alpha value is -0.340. The second-order valence-electron chi connectivity index (χ2n) is 5.65. The number of rotatable bonds is 5. The summed E-state index contributed by atoms with van der Waals surface area (Å²) in [5.74, 6) is 0. The minimum atomic E-state index is 0.427. The first-order valence-corrected chi connectivity index (χ1v) is 7.89. The smallest absolute Gasteiger partial charge is 0.0282 e. The number of likely N-dealkylation sites (tertiary alicyclic amines) is 1. The predicted octanol–water partition coefficient (Wildman–Crippen LogP) is 4.26. The molecule has 18 heavy (non-hydrogen) atoms. The lowest BCUT2D eigenvalue weighted by Gasteiger charge is -2.36. The molecule has 1 aliphatic rings. The molecular weight excluding hydrogens is 286 g/mol. The molecule has 100 valence electrons. The van der Waals surface area contributed by atoms with E-state index >= 15 is 0 Å². The van der Waals surface area contributed by atoms with Gasteiger partial charge in [-0.25, -0.2) is 0 Å². The quantitative estimate of drug-likeness (QED) is 0.580. The summed E-state index contributed by atoms with van der Waals surface area (Å²) in [6, 6.07) is 10.8. The number of hydrogen-bond donors (Lipinski definition) is 0. The van der Waals surface area contributed by atoms with Gasteiger partial charge in [0.2, 0.25) is 0 Å². The van der Waals surface area contributed by atoms with Gasteiger partial charge in [-0.1, -0.05) is 52.7 Å². The van der Waals surface area contributed by atoms with Gasteiger partial charge in [-0.05, 0) is 57.8 Å². The van der Waals surface area contributed by atoms with Gasteiger partial charge in [0, 0.05) is 4.32 Å². The second-order valence-corrected chi connectivity index (χ2v) is 7.33. The van der Waals surface area contributed by atoms with Gasteiger partial charge in [0.05, 0.1) is 0 Å². The van der Waals surface area contributed by atoms with Crippen LogP contribution in [0.2, 0.25) is 0 Å². The van der Waals surface area contributed by atoms with E-state index < -0.39 is 0 Å². The first-order chi connectivity index (χ1) is 8.68. The van der Waals surface area contributed by atoms with Crippen LogP contribution in [0.4, 0.5) is 0 Å². The van der Waals surface area contributed by atoms with E-state index in [9.17, 15) is 0 Å². The zero-order valence-corrected chi connectivity index (χ0v) is 13.0.